The quantitative estimate of drug-likeness (QED) is 0.497. The number of ketones is 1. The maximum Gasteiger partial charge on any atom is 0.209 e. The first kappa shape index (κ1) is 12.3. The van der Waals surface area contributed by atoms with Gasteiger partial charge in [0.2, 0.25) is 3.79 Å². The van der Waals surface area contributed by atoms with Gasteiger partial charge in [0.25, 0.3) is 0 Å². The highest BCUT2D eigenvalue weighted by Gasteiger charge is 2.21. The fraction of sp³-hybridized carbons (Fsp3) is 0.625. The van der Waals surface area contributed by atoms with Crippen LogP contribution in [-0.4, -0.2) is 9.58 Å². The second kappa shape index (κ2) is 3.99. The first-order valence-electron chi connectivity index (χ1n) is 3.43. The molecule has 0 radical (unpaired) electrons. The summed E-state index contributed by atoms with van der Waals surface area (Å²) < 4.78 is -1.49. The van der Waals surface area contributed by atoms with Crippen molar-refractivity contribution in [3.63, 3.8) is 0 Å². The highest BCUT2D eigenvalue weighted by Crippen LogP contribution is 2.28. The Morgan fingerprint density at radius 1 is 1.17 bits per heavy atom. The smallest absolute Gasteiger partial charge is 0.209 e. The Hall–Kier alpha value is 0.280. The maximum atomic E-state index is 11.2. The minimum Gasteiger partial charge on any atom is -0.294 e. The normalized spacial score (nSPS) is 13.8. The average molecular weight is 230 g/mol. The standard InChI is InChI=1S/C8H11Cl3O/c1-7(2,3)6(12)4-5-8(9,10)11/h4-5H,1-3H3. The number of rotatable bonds is 1. The van der Waals surface area contributed by atoms with Gasteiger partial charge >= 0.3 is 0 Å². The maximum absolute atomic E-state index is 11.2. The molecule has 0 N–H and O–H groups in total. The van der Waals surface area contributed by atoms with Crippen LogP contribution in [0.5, 0.6) is 0 Å². The predicted molar refractivity (Wildman–Crippen MR) is 53.9 cm³/mol. The molecule has 0 saturated carbocycles. The molecule has 0 spiro atoms. The van der Waals surface area contributed by atoms with E-state index in [1.165, 1.54) is 12.2 Å². The molecule has 0 rings (SSSR count). The molecule has 0 aliphatic carbocycles. The van der Waals surface area contributed by atoms with Gasteiger partial charge in [-0.3, -0.25) is 4.79 Å². The third-order valence-corrected chi connectivity index (χ3v) is 1.54. The highest BCUT2D eigenvalue weighted by atomic mass is 35.6. The van der Waals surface area contributed by atoms with Crippen LogP contribution in [0.3, 0.4) is 0 Å². The summed E-state index contributed by atoms with van der Waals surface area (Å²) in [4.78, 5) is 11.2. The van der Waals surface area contributed by atoms with Gasteiger partial charge in [-0.1, -0.05) is 55.6 Å². The third-order valence-electron chi connectivity index (χ3n) is 1.16. The molecule has 0 bridgehead atoms. The van der Waals surface area contributed by atoms with Crippen molar-refractivity contribution in [1.82, 2.24) is 0 Å². The Balaban J connectivity index is 4.30. The van der Waals surface area contributed by atoms with Crippen LogP contribution in [0.15, 0.2) is 12.2 Å². The van der Waals surface area contributed by atoms with Gasteiger partial charge in [-0.05, 0) is 12.2 Å². The summed E-state index contributed by atoms with van der Waals surface area (Å²) in [7, 11) is 0. The molecule has 0 aliphatic heterocycles. The number of allylic oxidation sites excluding steroid dienone is 2. The molecule has 4 heteroatoms. The van der Waals surface area contributed by atoms with Gasteiger partial charge in [0.1, 0.15) is 0 Å². The van der Waals surface area contributed by atoms with Crippen LogP contribution >= 0.6 is 34.8 Å². The van der Waals surface area contributed by atoms with Crippen LogP contribution in [0.25, 0.3) is 0 Å². The van der Waals surface area contributed by atoms with E-state index in [2.05, 4.69) is 0 Å². The second-order valence-electron chi connectivity index (χ2n) is 3.49. The topological polar surface area (TPSA) is 17.1 Å². The molecule has 0 aromatic rings. The fourth-order valence-electron chi connectivity index (χ4n) is 0.420. The zero-order chi connectivity index (χ0) is 9.99. The van der Waals surface area contributed by atoms with Crippen LogP contribution < -0.4 is 0 Å². The molecule has 0 amide bonds. The number of hydrogen-bond acceptors (Lipinski definition) is 1. The molecular formula is C8H11Cl3O. The molecule has 0 saturated heterocycles. The molecular weight excluding hydrogens is 218 g/mol. The van der Waals surface area contributed by atoms with Crippen molar-refractivity contribution in [3.05, 3.63) is 12.2 Å². The van der Waals surface area contributed by atoms with Gasteiger partial charge in [0, 0.05) is 5.41 Å². The van der Waals surface area contributed by atoms with Gasteiger partial charge in [0.15, 0.2) is 5.78 Å². The van der Waals surface area contributed by atoms with E-state index in [1.54, 1.807) is 20.8 Å². The Morgan fingerprint density at radius 3 is 1.83 bits per heavy atom. The lowest BCUT2D eigenvalue weighted by molar-refractivity contribution is -0.121. The first-order chi connectivity index (χ1) is 5.13. The van der Waals surface area contributed by atoms with Gasteiger partial charge in [0.05, 0.1) is 0 Å². The van der Waals surface area contributed by atoms with E-state index >= 15 is 0 Å². The monoisotopic (exact) mass is 228 g/mol. The lowest BCUT2D eigenvalue weighted by atomic mass is 9.91. The van der Waals surface area contributed by atoms with Gasteiger partial charge in [-0.2, -0.15) is 0 Å². The Labute approximate surface area is 87.7 Å². The van der Waals surface area contributed by atoms with Gasteiger partial charge in [-0.25, -0.2) is 0 Å². The zero-order valence-electron chi connectivity index (χ0n) is 7.20. The molecule has 70 valence electrons. The minimum atomic E-state index is -1.49. The van der Waals surface area contributed by atoms with E-state index in [-0.39, 0.29) is 5.78 Å². The fourth-order valence-corrected chi connectivity index (χ4v) is 0.609. The van der Waals surface area contributed by atoms with Crippen molar-refractivity contribution in [2.24, 2.45) is 5.41 Å². The SMILES string of the molecule is CC(C)(C)C(=O)C=CC(Cl)(Cl)Cl. The van der Waals surface area contributed by atoms with Crippen LogP contribution in [0.1, 0.15) is 20.8 Å². The first-order valence-corrected chi connectivity index (χ1v) is 4.57. The average Bonchev–Trinajstić information content (AvgIpc) is 1.78. The van der Waals surface area contributed by atoms with Crippen LogP contribution in [-0.2, 0) is 4.79 Å². The molecule has 12 heavy (non-hydrogen) atoms. The molecule has 0 fully saturated rings. The van der Waals surface area contributed by atoms with Crippen molar-refractivity contribution in [3.8, 4) is 0 Å². The summed E-state index contributed by atoms with van der Waals surface area (Å²) in [6.07, 6.45) is 2.55. The minimum absolute atomic E-state index is 0.0613. The summed E-state index contributed by atoms with van der Waals surface area (Å²) in [6.45, 7) is 5.41. The van der Waals surface area contributed by atoms with Crippen LogP contribution in [0.4, 0.5) is 0 Å². The number of alkyl halides is 3. The lowest BCUT2D eigenvalue weighted by Crippen LogP contribution is -2.17. The van der Waals surface area contributed by atoms with E-state index in [9.17, 15) is 4.79 Å². The summed E-state index contributed by atoms with van der Waals surface area (Å²) in [5.74, 6) is -0.0613. The molecule has 0 atom stereocenters. The molecule has 0 unspecified atom stereocenters. The number of hydrogen-bond donors (Lipinski definition) is 0. The number of carbonyl (C=O) groups excluding carboxylic acids is 1. The molecule has 0 aromatic carbocycles. The van der Waals surface area contributed by atoms with E-state index in [4.69, 9.17) is 34.8 Å². The third kappa shape index (κ3) is 5.87. The summed E-state index contributed by atoms with van der Waals surface area (Å²) in [5, 5.41) is 0. The second-order valence-corrected chi connectivity index (χ2v) is 5.86. The highest BCUT2D eigenvalue weighted by molar-refractivity contribution is 6.69. The summed E-state index contributed by atoms with van der Waals surface area (Å²) >= 11 is 16.3. The van der Waals surface area contributed by atoms with E-state index in [1.807, 2.05) is 0 Å². The van der Waals surface area contributed by atoms with Crippen molar-refractivity contribution in [2.45, 2.75) is 24.6 Å². The van der Waals surface area contributed by atoms with E-state index in [0.29, 0.717) is 0 Å². The van der Waals surface area contributed by atoms with Crippen LogP contribution in [0.2, 0.25) is 0 Å². The van der Waals surface area contributed by atoms with Crippen molar-refractivity contribution in [1.29, 1.82) is 0 Å². The number of carbonyl (C=O) groups is 1. The van der Waals surface area contributed by atoms with Crippen molar-refractivity contribution in [2.75, 3.05) is 0 Å². The molecule has 0 aromatic heterocycles. The van der Waals surface area contributed by atoms with Crippen molar-refractivity contribution >= 4 is 40.6 Å². The summed E-state index contributed by atoms with van der Waals surface area (Å²) in [6, 6.07) is 0. The van der Waals surface area contributed by atoms with Gasteiger partial charge < -0.3 is 0 Å². The largest absolute Gasteiger partial charge is 0.294 e. The van der Waals surface area contributed by atoms with Gasteiger partial charge in [-0.15, -0.1) is 0 Å². The molecule has 1 nitrogen and oxygen atoms in total. The Kier molecular flexibility index (Phi) is 4.09. The lowest BCUT2D eigenvalue weighted by Gasteiger charge is -2.13. The molecule has 0 heterocycles. The number of halogens is 3. The van der Waals surface area contributed by atoms with E-state index in [0.717, 1.165) is 0 Å². The van der Waals surface area contributed by atoms with E-state index < -0.39 is 9.21 Å². The zero-order valence-corrected chi connectivity index (χ0v) is 9.46. The molecule has 0 aliphatic rings. The predicted octanol–water partition coefficient (Wildman–Crippen LogP) is 3.53. The Morgan fingerprint density at radius 2 is 1.58 bits per heavy atom. The summed E-state index contributed by atoms with van der Waals surface area (Å²) in [5.41, 5.74) is -0.424. The van der Waals surface area contributed by atoms with Crippen molar-refractivity contribution < 1.29 is 4.79 Å². The Bertz CT molecular complexity index is 195. The van der Waals surface area contributed by atoms with Crippen LogP contribution in [0, 0.1) is 5.41 Å².